The van der Waals surface area contributed by atoms with Crippen LogP contribution in [0, 0.1) is 12.8 Å². The number of carboxylic acid groups (broad SMARTS) is 1. The molecule has 0 aliphatic carbocycles. The average Bonchev–Trinajstić information content (AvgIpc) is 3.18. The molecule has 1 amide bonds. The lowest BCUT2D eigenvalue weighted by molar-refractivity contribution is -0.141. The Morgan fingerprint density at radius 1 is 1.30 bits per heavy atom. The van der Waals surface area contributed by atoms with E-state index < -0.39 is 11.9 Å². The maximum absolute atomic E-state index is 13.3. The molecule has 1 atom stereocenters. The minimum Gasteiger partial charge on any atom is -0.481 e. The third kappa shape index (κ3) is 3.42. The predicted octanol–water partition coefficient (Wildman–Crippen LogP) is 3.16. The molecular formula is C20H28N4O3. The summed E-state index contributed by atoms with van der Waals surface area (Å²) in [4.78, 5) is 31.0. The Hall–Kier alpha value is -2.44. The van der Waals surface area contributed by atoms with Gasteiger partial charge in [0.2, 0.25) is 0 Å². The van der Waals surface area contributed by atoms with Crippen molar-refractivity contribution in [2.45, 2.75) is 59.4 Å². The molecule has 0 bridgehead atoms. The van der Waals surface area contributed by atoms with Crippen molar-refractivity contribution in [1.82, 2.24) is 19.7 Å². The lowest BCUT2D eigenvalue weighted by Crippen LogP contribution is -2.30. The second-order valence-corrected chi connectivity index (χ2v) is 8.69. The number of fused-ring (bicyclic) bond motifs is 1. The first-order valence-electron chi connectivity index (χ1n) is 9.43. The van der Waals surface area contributed by atoms with E-state index in [1.165, 1.54) is 0 Å². The zero-order chi connectivity index (χ0) is 20.1. The summed E-state index contributed by atoms with van der Waals surface area (Å²) >= 11 is 0. The average molecular weight is 372 g/mol. The number of hydrogen-bond donors (Lipinski definition) is 1. The summed E-state index contributed by atoms with van der Waals surface area (Å²) in [6, 6.07) is 1.85. The van der Waals surface area contributed by atoms with Crippen molar-refractivity contribution in [2.24, 2.45) is 5.92 Å². The highest BCUT2D eigenvalue weighted by Gasteiger charge is 2.33. The summed E-state index contributed by atoms with van der Waals surface area (Å²) in [7, 11) is 0. The molecule has 3 heterocycles. The summed E-state index contributed by atoms with van der Waals surface area (Å²) in [6.07, 6.45) is 0.493. The van der Waals surface area contributed by atoms with Gasteiger partial charge in [0.25, 0.3) is 5.91 Å². The third-order valence-corrected chi connectivity index (χ3v) is 5.11. The van der Waals surface area contributed by atoms with Gasteiger partial charge in [-0.3, -0.25) is 9.59 Å². The van der Waals surface area contributed by atoms with Crippen molar-refractivity contribution >= 4 is 22.9 Å². The fourth-order valence-corrected chi connectivity index (χ4v) is 3.56. The Morgan fingerprint density at radius 2 is 1.96 bits per heavy atom. The maximum atomic E-state index is 13.3. The van der Waals surface area contributed by atoms with Crippen LogP contribution in [0.5, 0.6) is 0 Å². The second kappa shape index (κ2) is 6.62. The topological polar surface area (TPSA) is 88.3 Å². The molecule has 1 unspecified atom stereocenters. The van der Waals surface area contributed by atoms with Crippen molar-refractivity contribution in [2.75, 3.05) is 13.1 Å². The van der Waals surface area contributed by atoms with Gasteiger partial charge in [-0.2, -0.15) is 5.10 Å². The fourth-order valence-electron chi connectivity index (χ4n) is 3.56. The normalized spacial score (nSPS) is 17.9. The number of aryl methyl sites for hydroxylation is 1. The highest BCUT2D eigenvalue weighted by atomic mass is 16.4. The summed E-state index contributed by atoms with van der Waals surface area (Å²) in [6.45, 7) is 12.9. The number of carboxylic acids is 1. The van der Waals surface area contributed by atoms with Gasteiger partial charge in [0, 0.05) is 18.8 Å². The molecule has 1 N–H and O–H groups in total. The number of amides is 1. The van der Waals surface area contributed by atoms with Crippen LogP contribution in [0.15, 0.2) is 6.07 Å². The standard InChI is InChI=1S/C20H28N4O3/c1-11(2)15-9-14(18(25)23-8-7-13(10-23)19(26)27)16-12(3)22-24(17(16)21-15)20(4,5)6/h9,11,13H,7-8,10H2,1-6H3,(H,26,27). The van der Waals surface area contributed by atoms with E-state index in [4.69, 9.17) is 4.98 Å². The highest BCUT2D eigenvalue weighted by Crippen LogP contribution is 2.30. The molecule has 146 valence electrons. The van der Waals surface area contributed by atoms with E-state index in [1.54, 1.807) is 4.90 Å². The maximum Gasteiger partial charge on any atom is 0.308 e. The summed E-state index contributed by atoms with van der Waals surface area (Å²) in [5.41, 5.74) is 2.62. The van der Waals surface area contributed by atoms with Crippen molar-refractivity contribution in [3.8, 4) is 0 Å². The van der Waals surface area contributed by atoms with E-state index in [9.17, 15) is 14.7 Å². The van der Waals surface area contributed by atoms with Crippen LogP contribution in [0.3, 0.4) is 0 Å². The molecule has 0 radical (unpaired) electrons. The minimum absolute atomic E-state index is 0.135. The van der Waals surface area contributed by atoms with Gasteiger partial charge < -0.3 is 10.0 Å². The predicted molar refractivity (Wildman–Crippen MR) is 103 cm³/mol. The van der Waals surface area contributed by atoms with E-state index >= 15 is 0 Å². The molecule has 0 aromatic carbocycles. The SMILES string of the molecule is Cc1nn(C(C)(C)C)c2nc(C(C)C)cc(C(=O)N3CCC(C(=O)O)C3)c12. The molecule has 0 saturated carbocycles. The van der Waals surface area contributed by atoms with Crippen molar-refractivity contribution in [1.29, 1.82) is 0 Å². The second-order valence-electron chi connectivity index (χ2n) is 8.69. The van der Waals surface area contributed by atoms with Crippen LogP contribution in [-0.2, 0) is 10.3 Å². The van der Waals surface area contributed by atoms with Crippen LogP contribution in [0.2, 0.25) is 0 Å². The molecule has 0 spiro atoms. The first-order valence-corrected chi connectivity index (χ1v) is 9.43. The van der Waals surface area contributed by atoms with E-state index in [0.717, 1.165) is 16.8 Å². The van der Waals surface area contributed by atoms with Crippen LogP contribution in [-0.4, -0.2) is 49.7 Å². The first kappa shape index (κ1) is 19.3. The van der Waals surface area contributed by atoms with Crippen molar-refractivity contribution < 1.29 is 14.7 Å². The highest BCUT2D eigenvalue weighted by molar-refractivity contribution is 6.06. The van der Waals surface area contributed by atoms with Gasteiger partial charge in [-0.05, 0) is 46.1 Å². The Balaban J connectivity index is 2.16. The molecule has 1 aliphatic heterocycles. The molecule has 2 aromatic heterocycles. The molecular weight excluding hydrogens is 344 g/mol. The van der Waals surface area contributed by atoms with Gasteiger partial charge >= 0.3 is 5.97 Å². The third-order valence-electron chi connectivity index (χ3n) is 5.11. The molecule has 1 fully saturated rings. The van der Waals surface area contributed by atoms with Crippen LogP contribution in [0.4, 0.5) is 0 Å². The summed E-state index contributed by atoms with van der Waals surface area (Å²) in [5.74, 6) is -1.31. The minimum atomic E-state index is -0.843. The molecule has 1 saturated heterocycles. The largest absolute Gasteiger partial charge is 0.481 e. The Bertz CT molecular complexity index is 908. The number of aliphatic carboxylic acids is 1. The number of nitrogens with zero attached hydrogens (tertiary/aromatic N) is 4. The quantitative estimate of drug-likeness (QED) is 0.894. The van der Waals surface area contributed by atoms with E-state index in [2.05, 4.69) is 25.9 Å². The molecule has 1 aliphatic rings. The number of pyridine rings is 1. The van der Waals surface area contributed by atoms with Gasteiger partial charge in [0.15, 0.2) is 5.65 Å². The molecule has 7 nitrogen and oxygen atoms in total. The van der Waals surface area contributed by atoms with E-state index in [0.29, 0.717) is 24.2 Å². The summed E-state index contributed by atoms with van der Waals surface area (Å²) < 4.78 is 1.88. The van der Waals surface area contributed by atoms with Crippen LogP contribution in [0.25, 0.3) is 11.0 Å². The van der Waals surface area contributed by atoms with Crippen LogP contribution in [0.1, 0.15) is 68.7 Å². The van der Waals surface area contributed by atoms with Crippen molar-refractivity contribution in [3.63, 3.8) is 0 Å². The number of aromatic nitrogens is 3. The van der Waals surface area contributed by atoms with Gasteiger partial charge in [-0.15, -0.1) is 0 Å². The van der Waals surface area contributed by atoms with E-state index in [-0.39, 0.29) is 23.9 Å². The van der Waals surface area contributed by atoms with Gasteiger partial charge in [0.1, 0.15) is 0 Å². The molecule has 7 heteroatoms. The monoisotopic (exact) mass is 372 g/mol. The molecule has 2 aromatic rings. The first-order chi connectivity index (χ1) is 12.5. The number of carbonyl (C=O) groups is 2. The van der Waals surface area contributed by atoms with E-state index in [1.807, 2.05) is 31.5 Å². The van der Waals surface area contributed by atoms with Crippen molar-refractivity contribution in [3.05, 3.63) is 23.0 Å². The van der Waals surface area contributed by atoms with Crippen LogP contribution < -0.4 is 0 Å². The number of likely N-dealkylation sites (tertiary alicyclic amines) is 1. The van der Waals surface area contributed by atoms with Gasteiger partial charge in [-0.25, -0.2) is 9.67 Å². The molecule has 3 rings (SSSR count). The van der Waals surface area contributed by atoms with Gasteiger partial charge in [-0.1, -0.05) is 13.8 Å². The lowest BCUT2D eigenvalue weighted by atomic mass is 10.0. The Kier molecular flexibility index (Phi) is 4.74. The smallest absolute Gasteiger partial charge is 0.308 e. The zero-order valence-electron chi connectivity index (χ0n) is 16.9. The number of rotatable bonds is 3. The Labute approximate surface area is 159 Å². The number of hydrogen-bond acceptors (Lipinski definition) is 4. The fraction of sp³-hybridized carbons (Fsp3) is 0.600. The van der Waals surface area contributed by atoms with Crippen LogP contribution >= 0.6 is 0 Å². The zero-order valence-corrected chi connectivity index (χ0v) is 16.9. The Morgan fingerprint density at radius 3 is 2.48 bits per heavy atom. The molecule has 27 heavy (non-hydrogen) atoms. The van der Waals surface area contributed by atoms with Gasteiger partial charge in [0.05, 0.1) is 28.1 Å². The number of carbonyl (C=O) groups excluding carboxylic acids is 1. The lowest BCUT2D eigenvalue weighted by Gasteiger charge is -2.21. The summed E-state index contributed by atoms with van der Waals surface area (Å²) in [5, 5.41) is 14.7.